The molecule has 6 nitrogen and oxygen atoms in total. The molecule has 0 unspecified atom stereocenters. The zero-order valence-corrected chi connectivity index (χ0v) is 16.8. The zero-order valence-electron chi connectivity index (χ0n) is 16.8. The molecule has 0 spiro atoms. The average Bonchev–Trinajstić information content (AvgIpc) is 3.35. The highest BCUT2D eigenvalue weighted by Crippen LogP contribution is 2.34. The molecule has 2 fully saturated rings. The number of benzene rings is 1. The molecule has 1 aromatic carbocycles. The highest BCUT2D eigenvalue weighted by Gasteiger charge is 2.38. The van der Waals surface area contributed by atoms with E-state index in [0.29, 0.717) is 17.4 Å². The molecule has 0 radical (unpaired) electrons. The van der Waals surface area contributed by atoms with Crippen LogP contribution in [0.5, 0.6) is 0 Å². The number of nitrogens with zero attached hydrogens (tertiary/aromatic N) is 1. The van der Waals surface area contributed by atoms with Gasteiger partial charge in [0, 0.05) is 24.2 Å². The second-order valence-electron chi connectivity index (χ2n) is 8.28. The third-order valence-electron chi connectivity index (χ3n) is 5.97. The Labute approximate surface area is 170 Å². The van der Waals surface area contributed by atoms with Gasteiger partial charge in [0.15, 0.2) is 5.76 Å². The first-order valence-electron chi connectivity index (χ1n) is 10.5. The summed E-state index contributed by atoms with van der Waals surface area (Å²) >= 11 is 0. The summed E-state index contributed by atoms with van der Waals surface area (Å²) < 4.78 is 5.76. The lowest BCUT2D eigenvalue weighted by Gasteiger charge is -2.42. The number of rotatable bonds is 9. The zero-order chi connectivity index (χ0) is 20.4. The minimum absolute atomic E-state index is 0.0698. The Balaban J connectivity index is 1.30. The Morgan fingerprint density at radius 3 is 2.48 bits per heavy atom. The maximum absolute atomic E-state index is 12.5. The SMILES string of the molecule is CCc1ccc(-c2ccc(C(=O)NC3CC(N(CC(=O)O)CC4CC4)C3)o2)cc1. The van der Waals surface area contributed by atoms with Crippen molar-refractivity contribution in [2.45, 2.75) is 51.1 Å². The van der Waals surface area contributed by atoms with Gasteiger partial charge in [0.05, 0.1) is 6.54 Å². The summed E-state index contributed by atoms with van der Waals surface area (Å²) in [5.74, 6) is 0.644. The van der Waals surface area contributed by atoms with Crippen molar-refractivity contribution in [1.29, 1.82) is 0 Å². The quantitative estimate of drug-likeness (QED) is 0.677. The van der Waals surface area contributed by atoms with Crippen LogP contribution in [0, 0.1) is 5.92 Å². The number of aryl methyl sites for hydroxylation is 1. The number of amides is 1. The number of carboxylic acid groups (broad SMARTS) is 1. The molecular weight excluding hydrogens is 368 g/mol. The van der Waals surface area contributed by atoms with Gasteiger partial charge in [0.1, 0.15) is 5.76 Å². The molecule has 0 atom stereocenters. The molecule has 1 heterocycles. The predicted molar refractivity (Wildman–Crippen MR) is 110 cm³/mol. The lowest BCUT2D eigenvalue weighted by Crippen LogP contribution is -2.55. The van der Waals surface area contributed by atoms with E-state index in [0.717, 1.165) is 31.4 Å². The number of hydrogen-bond donors (Lipinski definition) is 2. The standard InChI is InChI=1S/C23H28N2O4/c1-2-15-5-7-17(8-6-15)20-9-10-21(29-20)23(28)24-18-11-19(12-18)25(14-22(26)27)13-16-3-4-16/h5-10,16,18-19H,2-4,11-14H2,1H3,(H,24,28)(H,26,27). The number of carbonyl (C=O) groups excluding carboxylic acids is 1. The lowest BCUT2D eigenvalue weighted by molar-refractivity contribution is -0.139. The van der Waals surface area contributed by atoms with E-state index in [9.17, 15) is 9.59 Å². The third kappa shape index (κ3) is 4.88. The summed E-state index contributed by atoms with van der Waals surface area (Å²) in [5, 5.41) is 12.2. The normalized spacial score (nSPS) is 21.0. The molecule has 0 aliphatic heterocycles. The van der Waals surface area contributed by atoms with E-state index < -0.39 is 5.97 Å². The summed E-state index contributed by atoms with van der Waals surface area (Å²) in [6, 6.07) is 12.0. The summed E-state index contributed by atoms with van der Waals surface area (Å²) in [6.07, 6.45) is 4.96. The van der Waals surface area contributed by atoms with Crippen LogP contribution in [-0.2, 0) is 11.2 Å². The summed E-state index contributed by atoms with van der Waals surface area (Å²) in [4.78, 5) is 25.7. The summed E-state index contributed by atoms with van der Waals surface area (Å²) in [7, 11) is 0. The van der Waals surface area contributed by atoms with Crippen molar-refractivity contribution in [3.8, 4) is 11.3 Å². The van der Waals surface area contributed by atoms with Crippen molar-refractivity contribution in [2.75, 3.05) is 13.1 Å². The lowest BCUT2D eigenvalue weighted by atomic mass is 9.85. The maximum atomic E-state index is 12.5. The van der Waals surface area contributed by atoms with Crippen molar-refractivity contribution >= 4 is 11.9 Å². The van der Waals surface area contributed by atoms with Crippen LogP contribution in [0.1, 0.15) is 48.7 Å². The van der Waals surface area contributed by atoms with Gasteiger partial charge in [-0.05, 0) is 55.7 Å². The van der Waals surface area contributed by atoms with Gasteiger partial charge in [0.25, 0.3) is 5.91 Å². The van der Waals surface area contributed by atoms with E-state index in [2.05, 4.69) is 29.3 Å². The Morgan fingerprint density at radius 1 is 1.14 bits per heavy atom. The highest BCUT2D eigenvalue weighted by atomic mass is 16.4. The molecule has 2 aromatic rings. The molecule has 0 bridgehead atoms. The second-order valence-corrected chi connectivity index (χ2v) is 8.28. The van der Waals surface area contributed by atoms with Gasteiger partial charge in [0.2, 0.25) is 0 Å². The van der Waals surface area contributed by atoms with Crippen LogP contribution < -0.4 is 5.32 Å². The molecule has 1 amide bonds. The molecule has 1 aromatic heterocycles. The fourth-order valence-corrected chi connectivity index (χ4v) is 3.93. The molecule has 29 heavy (non-hydrogen) atoms. The van der Waals surface area contributed by atoms with Crippen LogP contribution in [0.2, 0.25) is 0 Å². The van der Waals surface area contributed by atoms with Crippen molar-refractivity contribution in [3.05, 3.63) is 47.7 Å². The Hall–Kier alpha value is -2.60. The Morgan fingerprint density at radius 2 is 1.86 bits per heavy atom. The van der Waals surface area contributed by atoms with E-state index in [1.54, 1.807) is 6.07 Å². The van der Waals surface area contributed by atoms with Crippen LogP contribution in [0.25, 0.3) is 11.3 Å². The minimum atomic E-state index is -0.784. The first-order valence-corrected chi connectivity index (χ1v) is 10.5. The fraction of sp³-hybridized carbons (Fsp3) is 0.478. The van der Waals surface area contributed by atoms with E-state index in [1.807, 2.05) is 18.2 Å². The van der Waals surface area contributed by atoms with Gasteiger partial charge in [-0.3, -0.25) is 14.5 Å². The second kappa shape index (κ2) is 8.41. The average molecular weight is 396 g/mol. The molecule has 2 N–H and O–H groups in total. The molecular formula is C23H28N2O4. The topological polar surface area (TPSA) is 82.8 Å². The first-order chi connectivity index (χ1) is 14.0. The monoisotopic (exact) mass is 396 g/mol. The number of carbonyl (C=O) groups is 2. The van der Waals surface area contributed by atoms with Crippen molar-refractivity contribution in [2.24, 2.45) is 5.92 Å². The van der Waals surface area contributed by atoms with E-state index >= 15 is 0 Å². The van der Waals surface area contributed by atoms with Crippen LogP contribution in [0.3, 0.4) is 0 Å². The third-order valence-corrected chi connectivity index (χ3v) is 5.97. The van der Waals surface area contributed by atoms with Crippen molar-refractivity contribution < 1.29 is 19.1 Å². The minimum Gasteiger partial charge on any atom is -0.480 e. The number of hydrogen-bond acceptors (Lipinski definition) is 4. The number of aliphatic carboxylic acids is 1. The van der Waals surface area contributed by atoms with Gasteiger partial charge in [-0.15, -0.1) is 0 Å². The molecule has 6 heteroatoms. The predicted octanol–water partition coefficient (Wildman–Crippen LogP) is 3.57. The maximum Gasteiger partial charge on any atom is 0.317 e. The number of furan rings is 1. The van der Waals surface area contributed by atoms with E-state index in [-0.39, 0.29) is 24.5 Å². The smallest absolute Gasteiger partial charge is 0.317 e. The fourth-order valence-electron chi connectivity index (χ4n) is 3.93. The molecule has 2 aliphatic rings. The van der Waals surface area contributed by atoms with Gasteiger partial charge in [-0.25, -0.2) is 0 Å². The molecule has 4 rings (SSSR count). The summed E-state index contributed by atoms with van der Waals surface area (Å²) in [5.41, 5.74) is 2.21. The Bertz CT molecular complexity index is 863. The Kier molecular flexibility index (Phi) is 5.72. The molecule has 0 saturated heterocycles. The summed E-state index contributed by atoms with van der Waals surface area (Å²) in [6.45, 7) is 3.05. The van der Waals surface area contributed by atoms with Gasteiger partial charge in [-0.2, -0.15) is 0 Å². The van der Waals surface area contributed by atoms with Gasteiger partial charge < -0.3 is 14.8 Å². The molecule has 2 saturated carbocycles. The molecule has 154 valence electrons. The van der Waals surface area contributed by atoms with Crippen molar-refractivity contribution in [1.82, 2.24) is 10.2 Å². The first kappa shape index (κ1) is 19.7. The van der Waals surface area contributed by atoms with Crippen molar-refractivity contribution in [3.63, 3.8) is 0 Å². The number of nitrogens with one attached hydrogen (secondary N) is 1. The largest absolute Gasteiger partial charge is 0.480 e. The highest BCUT2D eigenvalue weighted by molar-refractivity contribution is 5.92. The van der Waals surface area contributed by atoms with Crippen LogP contribution >= 0.6 is 0 Å². The molecule has 2 aliphatic carbocycles. The van der Waals surface area contributed by atoms with Crippen LogP contribution in [0.15, 0.2) is 40.8 Å². The van der Waals surface area contributed by atoms with Gasteiger partial charge >= 0.3 is 5.97 Å². The van der Waals surface area contributed by atoms with Crippen LogP contribution in [-0.4, -0.2) is 47.1 Å². The van der Waals surface area contributed by atoms with Gasteiger partial charge in [-0.1, -0.05) is 31.2 Å². The van der Waals surface area contributed by atoms with E-state index in [4.69, 9.17) is 9.52 Å². The van der Waals surface area contributed by atoms with Crippen LogP contribution in [0.4, 0.5) is 0 Å². The van der Waals surface area contributed by atoms with E-state index in [1.165, 1.54) is 18.4 Å². The number of carboxylic acids is 1.